The molecular weight excluding hydrogens is 532 g/mol. The van der Waals surface area contributed by atoms with E-state index in [0.29, 0.717) is 11.1 Å². The number of carbonyl (C=O) groups is 5. The Morgan fingerprint density at radius 1 is 1.05 bits per heavy atom. The fraction of sp³-hybridized carbons (Fsp3) is 0.767. The van der Waals surface area contributed by atoms with Crippen molar-refractivity contribution in [2.75, 3.05) is 6.61 Å². The van der Waals surface area contributed by atoms with Gasteiger partial charge in [-0.1, -0.05) is 34.6 Å². The minimum atomic E-state index is -2.33. The highest BCUT2D eigenvalue weighted by molar-refractivity contribution is 6.73. The van der Waals surface area contributed by atoms with E-state index in [4.69, 9.17) is 18.6 Å². The Balaban J connectivity index is 2.12. The van der Waals surface area contributed by atoms with Crippen molar-refractivity contribution in [2.24, 2.45) is 22.2 Å². The molecule has 2 bridgehead atoms. The monoisotopic (exact) mass is 576 g/mol. The van der Waals surface area contributed by atoms with Gasteiger partial charge in [-0.2, -0.15) is 0 Å². The lowest BCUT2D eigenvalue weighted by atomic mass is 9.41. The summed E-state index contributed by atoms with van der Waals surface area (Å²) in [5.41, 5.74) is -4.68. The van der Waals surface area contributed by atoms with E-state index >= 15 is 4.79 Å². The van der Waals surface area contributed by atoms with Gasteiger partial charge in [0.15, 0.2) is 31.6 Å². The zero-order chi connectivity index (χ0) is 30.1. The highest BCUT2D eigenvalue weighted by Crippen LogP contribution is 2.70. The maximum Gasteiger partial charge on any atom is 0.303 e. The smallest absolute Gasteiger partial charge is 0.303 e. The van der Waals surface area contributed by atoms with Crippen LogP contribution < -0.4 is 0 Å². The minimum Gasteiger partial charge on any atom is -0.454 e. The van der Waals surface area contributed by atoms with Gasteiger partial charge in [0.2, 0.25) is 0 Å². The van der Waals surface area contributed by atoms with Crippen LogP contribution in [0.15, 0.2) is 11.1 Å². The number of Topliss-reactive ketones (excluding diaryl/α,β-unsaturated/α-hetero) is 2. The summed E-state index contributed by atoms with van der Waals surface area (Å²) < 4.78 is 25.0. The number of carbonyl (C=O) groups excluding carboxylic acids is 5. The number of hydrogen-bond donors (Lipinski definition) is 0. The summed E-state index contributed by atoms with van der Waals surface area (Å²) in [5, 5.41) is 0. The lowest BCUT2D eigenvalue weighted by Crippen LogP contribution is -2.79. The summed E-state index contributed by atoms with van der Waals surface area (Å²) in [7, 11) is -2.33. The quantitative estimate of drug-likeness (QED) is 0.239. The van der Waals surface area contributed by atoms with Crippen molar-refractivity contribution in [3.05, 3.63) is 11.1 Å². The van der Waals surface area contributed by atoms with Crippen molar-refractivity contribution in [3.8, 4) is 0 Å². The molecule has 0 aromatic rings. The molecule has 0 aromatic heterocycles. The van der Waals surface area contributed by atoms with Gasteiger partial charge in [-0.3, -0.25) is 19.2 Å². The standard InChI is InChI=1S/C30H44O9Si/c1-10-40(11-2,12-3)39-21-13-22-30(16-36-22,38-19(6)33)26-28(21,9)25(35)24(37-18(5)32)23-17(4)20(34)14-29(26,15-31)27(23,7)8/h15,21-22,24,26H,10-14,16H2,1-9H3/t21-,22+,24+,26+,28-,29+,30-/m0/s1. The van der Waals surface area contributed by atoms with E-state index < -0.39 is 72.1 Å². The Hall–Kier alpha value is -2.17. The molecular formula is C30H44O9Si. The van der Waals surface area contributed by atoms with E-state index in [0.717, 1.165) is 24.4 Å². The molecule has 0 unspecified atom stereocenters. The average molecular weight is 577 g/mol. The van der Waals surface area contributed by atoms with Crippen molar-refractivity contribution < 1.29 is 42.6 Å². The molecule has 3 fully saturated rings. The second-order valence-corrected chi connectivity index (χ2v) is 17.6. The molecule has 4 rings (SSSR count). The summed E-state index contributed by atoms with van der Waals surface area (Å²) in [6.45, 7) is 15.8. The molecule has 7 atom stereocenters. The molecule has 1 aliphatic heterocycles. The zero-order valence-corrected chi connectivity index (χ0v) is 26.3. The molecule has 9 nitrogen and oxygen atoms in total. The first-order valence-electron chi connectivity index (χ1n) is 14.5. The number of ether oxygens (including phenoxy) is 3. The van der Waals surface area contributed by atoms with Crippen molar-refractivity contribution >= 4 is 38.1 Å². The highest BCUT2D eigenvalue weighted by atomic mass is 28.4. The molecule has 10 heteroatoms. The van der Waals surface area contributed by atoms with Crippen LogP contribution in [-0.4, -0.2) is 68.6 Å². The molecule has 1 saturated heterocycles. The number of fused-ring (bicyclic) bond motifs is 6. The molecule has 4 aliphatic rings. The average Bonchev–Trinajstić information content (AvgIpc) is 2.90. The van der Waals surface area contributed by atoms with Crippen LogP contribution in [0.4, 0.5) is 0 Å². The number of aldehydes is 1. The third-order valence-corrected chi connectivity index (χ3v) is 15.7. The van der Waals surface area contributed by atoms with Crippen LogP contribution in [0.1, 0.15) is 75.2 Å². The molecule has 0 spiro atoms. The fourth-order valence-electron chi connectivity index (χ4n) is 8.63. The van der Waals surface area contributed by atoms with E-state index in [1.54, 1.807) is 13.8 Å². The minimum absolute atomic E-state index is 0.00840. The number of ketones is 2. The molecule has 0 N–H and O–H groups in total. The van der Waals surface area contributed by atoms with Crippen molar-refractivity contribution in [1.82, 2.24) is 0 Å². The SMILES string of the molecule is CC[Si](CC)(CC)O[C@H]1C[C@H]2OC[C@@]2(OC(C)=O)[C@@H]2[C@]1(C)C(=O)[C@H](OC(C)=O)C1=C(C)C(=O)C[C@]2(C=O)C1(C)C. The second kappa shape index (κ2) is 9.98. The van der Waals surface area contributed by atoms with E-state index in [1.165, 1.54) is 13.8 Å². The third-order valence-electron chi connectivity index (χ3n) is 11.1. The molecule has 40 heavy (non-hydrogen) atoms. The summed E-state index contributed by atoms with van der Waals surface area (Å²) in [5.74, 6) is -2.91. The summed E-state index contributed by atoms with van der Waals surface area (Å²) in [6, 6.07) is 2.48. The molecule has 0 radical (unpaired) electrons. The zero-order valence-electron chi connectivity index (χ0n) is 25.3. The number of rotatable bonds is 8. The largest absolute Gasteiger partial charge is 0.454 e. The highest BCUT2D eigenvalue weighted by Gasteiger charge is 2.80. The lowest BCUT2D eigenvalue weighted by Gasteiger charge is -2.67. The summed E-state index contributed by atoms with van der Waals surface area (Å²) in [6.07, 6.45) is -1.81. The Labute approximate surface area is 237 Å². The summed E-state index contributed by atoms with van der Waals surface area (Å²) in [4.78, 5) is 67.4. The van der Waals surface area contributed by atoms with Crippen molar-refractivity contribution in [1.29, 1.82) is 0 Å². The number of esters is 2. The second-order valence-electron chi connectivity index (χ2n) is 12.9. The van der Waals surface area contributed by atoms with Gasteiger partial charge in [0.05, 0.1) is 18.1 Å². The first kappa shape index (κ1) is 30.8. The Morgan fingerprint density at radius 3 is 2.10 bits per heavy atom. The molecule has 2 saturated carbocycles. The van der Waals surface area contributed by atoms with Crippen molar-refractivity contribution in [3.63, 3.8) is 0 Å². The summed E-state index contributed by atoms with van der Waals surface area (Å²) >= 11 is 0. The van der Waals surface area contributed by atoms with Crippen LogP contribution in [0.2, 0.25) is 18.1 Å². The molecule has 0 aromatic carbocycles. The number of allylic oxidation sites excluding steroid dienone is 1. The van der Waals surface area contributed by atoms with Gasteiger partial charge in [0.1, 0.15) is 12.4 Å². The van der Waals surface area contributed by atoms with Crippen LogP contribution in [0.3, 0.4) is 0 Å². The maximum atomic E-state index is 15.1. The topological polar surface area (TPSA) is 122 Å². The molecule has 1 heterocycles. The first-order chi connectivity index (χ1) is 18.6. The van der Waals surface area contributed by atoms with Gasteiger partial charge in [0, 0.05) is 43.4 Å². The predicted molar refractivity (Wildman–Crippen MR) is 148 cm³/mol. The number of hydrogen-bond acceptors (Lipinski definition) is 9. The molecule has 222 valence electrons. The predicted octanol–water partition coefficient (Wildman–Crippen LogP) is 4.12. The van der Waals surface area contributed by atoms with E-state index in [-0.39, 0.29) is 25.2 Å². The van der Waals surface area contributed by atoms with E-state index in [1.807, 2.05) is 13.8 Å². The third kappa shape index (κ3) is 3.88. The van der Waals surface area contributed by atoms with Crippen LogP contribution in [0, 0.1) is 22.2 Å². The van der Waals surface area contributed by atoms with Gasteiger partial charge >= 0.3 is 11.9 Å². The van der Waals surface area contributed by atoms with Gasteiger partial charge in [-0.15, -0.1) is 0 Å². The van der Waals surface area contributed by atoms with E-state index in [9.17, 15) is 19.2 Å². The van der Waals surface area contributed by atoms with Crippen LogP contribution in [0.25, 0.3) is 0 Å². The van der Waals surface area contributed by atoms with Gasteiger partial charge in [-0.05, 0) is 43.1 Å². The molecule has 0 amide bonds. The van der Waals surface area contributed by atoms with Crippen molar-refractivity contribution in [2.45, 2.75) is 117 Å². The molecule has 3 aliphatic carbocycles. The lowest BCUT2D eigenvalue weighted by molar-refractivity contribution is -0.334. The normalized spacial score (nSPS) is 38.4. The van der Waals surface area contributed by atoms with Crippen LogP contribution >= 0.6 is 0 Å². The van der Waals surface area contributed by atoms with Gasteiger partial charge in [-0.25, -0.2) is 0 Å². The van der Waals surface area contributed by atoms with Crippen LogP contribution in [0.5, 0.6) is 0 Å². The Kier molecular flexibility index (Phi) is 7.68. The van der Waals surface area contributed by atoms with Gasteiger partial charge < -0.3 is 23.4 Å². The Bertz CT molecular complexity index is 1160. The maximum absolute atomic E-state index is 15.1. The van der Waals surface area contributed by atoms with E-state index in [2.05, 4.69) is 20.8 Å². The van der Waals surface area contributed by atoms with Crippen LogP contribution in [-0.2, 0) is 42.6 Å². The first-order valence-corrected chi connectivity index (χ1v) is 17.0. The van der Waals surface area contributed by atoms with Gasteiger partial charge in [0.25, 0.3) is 0 Å². The Morgan fingerprint density at radius 2 is 1.65 bits per heavy atom. The fourth-order valence-corrected chi connectivity index (χ4v) is 11.6.